The molecule has 0 aliphatic heterocycles. The van der Waals surface area contributed by atoms with Gasteiger partial charge < -0.3 is 5.73 Å². The minimum atomic E-state index is -0.756. The van der Waals surface area contributed by atoms with Gasteiger partial charge in [0.25, 0.3) is 5.56 Å². The summed E-state index contributed by atoms with van der Waals surface area (Å²) in [5, 5.41) is 0. The zero-order valence-electron chi connectivity index (χ0n) is 10.1. The van der Waals surface area contributed by atoms with E-state index in [4.69, 9.17) is 5.73 Å². The molecule has 2 rings (SSSR count). The van der Waals surface area contributed by atoms with E-state index in [-0.39, 0.29) is 11.4 Å². The maximum atomic E-state index is 11.7. The summed E-state index contributed by atoms with van der Waals surface area (Å²) in [5.74, 6) is -0.0975. The van der Waals surface area contributed by atoms with Crippen molar-refractivity contribution in [3.05, 3.63) is 62.3 Å². The molecule has 0 atom stereocenters. The lowest BCUT2D eigenvalue weighted by Gasteiger charge is -2.10. The molecule has 0 saturated heterocycles. The summed E-state index contributed by atoms with van der Waals surface area (Å²) in [4.78, 5) is 35.8. The van der Waals surface area contributed by atoms with Crippen molar-refractivity contribution in [2.24, 2.45) is 0 Å². The fourth-order valence-corrected chi connectivity index (χ4v) is 1.82. The van der Waals surface area contributed by atoms with Crippen molar-refractivity contribution >= 4 is 12.1 Å². The molecular weight excluding hydrogens is 246 g/mol. The number of hydrogen-bond acceptors (Lipinski definition) is 4. The largest absolute Gasteiger partial charge is 0.384 e. The predicted molar refractivity (Wildman–Crippen MR) is 71.3 cm³/mol. The number of aldehydes is 1. The molecule has 2 aromatic rings. The third-order valence-electron chi connectivity index (χ3n) is 2.86. The van der Waals surface area contributed by atoms with E-state index >= 15 is 0 Å². The number of aryl methyl sites for hydroxylation is 1. The first-order valence-electron chi connectivity index (χ1n) is 5.75. The minimum absolute atomic E-state index is 0.0975. The molecule has 1 aromatic carbocycles. The third kappa shape index (κ3) is 2.62. The number of carbonyl (C=O) groups is 1. The highest BCUT2D eigenvalue weighted by atomic mass is 16.2. The van der Waals surface area contributed by atoms with Gasteiger partial charge in [-0.1, -0.05) is 30.3 Å². The number of hydrogen-bond donors (Lipinski definition) is 2. The molecule has 0 radical (unpaired) electrons. The van der Waals surface area contributed by atoms with E-state index in [0.29, 0.717) is 19.3 Å². The van der Waals surface area contributed by atoms with Gasteiger partial charge in [-0.05, 0) is 12.0 Å². The minimum Gasteiger partial charge on any atom is -0.384 e. The number of nitrogens with one attached hydrogen (secondary N) is 1. The molecule has 6 heteroatoms. The number of nitrogens with two attached hydrogens (primary N) is 1. The van der Waals surface area contributed by atoms with E-state index in [1.54, 1.807) is 0 Å². The molecule has 0 spiro atoms. The average molecular weight is 259 g/mol. The topological polar surface area (TPSA) is 98.0 Å². The van der Waals surface area contributed by atoms with Crippen LogP contribution in [0, 0.1) is 0 Å². The summed E-state index contributed by atoms with van der Waals surface area (Å²) >= 11 is 0. The Labute approximate surface area is 108 Å². The monoisotopic (exact) mass is 259 g/mol. The van der Waals surface area contributed by atoms with E-state index in [9.17, 15) is 14.4 Å². The Kier molecular flexibility index (Phi) is 3.61. The van der Waals surface area contributed by atoms with Crippen molar-refractivity contribution in [1.82, 2.24) is 9.55 Å². The summed E-state index contributed by atoms with van der Waals surface area (Å²) in [6, 6.07) is 9.53. The molecule has 0 bridgehead atoms. The van der Waals surface area contributed by atoms with Gasteiger partial charge in [0.15, 0.2) is 6.29 Å². The van der Waals surface area contributed by atoms with Gasteiger partial charge in [-0.25, -0.2) is 4.79 Å². The molecule has 0 fully saturated rings. The molecule has 6 nitrogen and oxygen atoms in total. The Balaban J connectivity index is 2.33. The summed E-state index contributed by atoms with van der Waals surface area (Å²) in [7, 11) is 0. The van der Waals surface area contributed by atoms with E-state index in [1.165, 1.54) is 4.57 Å². The average Bonchev–Trinajstić information content (AvgIpc) is 2.39. The SMILES string of the molecule is Nc1c(C=O)c(=O)[nH]c(=O)n1CCc1ccccc1. The highest BCUT2D eigenvalue weighted by Crippen LogP contribution is 2.05. The first-order valence-corrected chi connectivity index (χ1v) is 5.75. The molecule has 0 unspecified atom stereocenters. The first-order chi connectivity index (χ1) is 9.13. The number of aromatic nitrogens is 2. The van der Waals surface area contributed by atoms with E-state index < -0.39 is 11.2 Å². The Morgan fingerprint density at radius 2 is 1.89 bits per heavy atom. The van der Waals surface area contributed by atoms with Crippen LogP contribution in [0.15, 0.2) is 39.9 Å². The second-order valence-corrected chi connectivity index (χ2v) is 4.06. The summed E-state index contributed by atoms with van der Waals surface area (Å²) in [6.45, 7) is 0.298. The van der Waals surface area contributed by atoms with Crippen LogP contribution in [0.3, 0.4) is 0 Å². The number of nitrogens with zero attached hydrogens (tertiary/aromatic N) is 1. The van der Waals surface area contributed by atoms with Gasteiger partial charge >= 0.3 is 5.69 Å². The third-order valence-corrected chi connectivity index (χ3v) is 2.86. The second kappa shape index (κ2) is 5.34. The zero-order chi connectivity index (χ0) is 13.8. The molecule has 0 amide bonds. The zero-order valence-corrected chi connectivity index (χ0v) is 10.1. The van der Waals surface area contributed by atoms with Gasteiger partial charge in [0.1, 0.15) is 11.4 Å². The van der Waals surface area contributed by atoms with Crippen molar-refractivity contribution in [1.29, 1.82) is 0 Å². The van der Waals surface area contributed by atoms with E-state index in [2.05, 4.69) is 4.98 Å². The summed E-state index contributed by atoms with van der Waals surface area (Å²) in [5.41, 5.74) is 5.13. The van der Waals surface area contributed by atoms with Crippen molar-refractivity contribution in [3.63, 3.8) is 0 Å². The number of anilines is 1. The van der Waals surface area contributed by atoms with Gasteiger partial charge in [-0.2, -0.15) is 0 Å². The van der Waals surface area contributed by atoms with Crippen LogP contribution in [0.25, 0.3) is 0 Å². The highest BCUT2D eigenvalue weighted by Gasteiger charge is 2.11. The van der Waals surface area contributed by atoms with Crippen LogP contribution in [-0.4, -0.2) is 15.8 Å². The summed E-state index contributed by atoms with van der Waals surface area (Å²) in [6.07, 6.45) is 0.932. The van der Waals surface area contributed by atoms with Gasteiger partial charge in [0, 0.05) is 6.54 Å². The molecule has 0 aliphatic carbocycles. The standard InChI is InChI=1S/C13H13N3O3/c14-11-10(8-17)12(18)15-13(19)16(11)7-6-9-4-2-1-3-5-9/h1-5,8H,6-7,14H2,(H,15,18,19). The number of rotatable bonds is 4. The first kappa shape index (κ1) is 12.8. The van der Waals surface area contributed by atoms with Crippen molar-refractivity contribution in [2.75, 3.05) is 5.73 Å². The van der Waals surface area contributed by atoms with Crippen molar-refractivity contribution < 1.29 is 4.79 Å². The Morgan fingerprint density at radius 3 is 2.53 bits per heavy atom. The Hall–Kier alpha value is -2.63. The van der Waals surface area contributed by atoms with Gasteiger partial charge in [0.2, 0.25) is 0 Å². The Morgan fingerprint density at radius 1 is 1.21 bits per heavy atom. The maximum absolute atomic E-state index is 11.7. The second-order valence-electron chi connectivity index (χ2n) is 4.06. The molecule has 98 valence electrons. The van der Waals surface area contributed by atoms with Crippen LogP contribution in [-0.2, 0) is 13.0 Å². The normalized spacial score (nSPS) is 10.3. The molecule has 3 N–H and O–H groups in total. The fourth-order valence-electron chi connectivity index (χ4n) is 1.82. The molecule has 1 aromatic heterocycles. The number of aromatic amines is 1. The Bertz CT molecular complexity index is 701. The van der Waals surface area contributed by atoms with Gasteiger partial charge in [-0.15, -0.1) is 0 Å². The molecule has 19 heavy (non-hydrogen) atoms. The quantitative estimate of drug-likeness (QED) is 0.765. The number of benzene rings is 1. The molecule has 0 aliphatic rings. The number of nitrogen functional groups attached to an aromatic ring is 1. The highest BCUT2D eigenvalue weighted by molar-refractivity contribution is 5.80. The number of H-pyrrole nitrogens is 1. The molecular formula is C13H13N3O3. The van der Waals surface area contributed by atoms with Crippen molar-refractivity contribution in [2.45, 2.75) is 13.0 Å². The smallest absolute Gasteiger partial charge is 0.329 e. The van der Waals surface area contributed by atoms with Crippen LogP contribution in [0.4, 0.5) is 5.82 Å². The van der Waals surface area contributed by atoms with Crippen LogP contribution < -0.4 is 17.0 Å². The van der Waals surface area contributed by atoms with E-state index in [1.807, 2.05) is 30.3 Å². The lowest BCUT2D eigenvalue weighted by molar-refractivity contribution is 0.112. The lowest BCUT2D eigenvalue weighted by Crippen LogP contribution is -2.35. The van der Waals surface area contributed by atoms with Crippen LogP contribution >= 0.6 is 0 Å². The molecule has 0 saturated carbocycles. The maximum Gasteiger partial charge on any atom is 0.329 e. The molecule has 1 heterocycles. The van der Waals surface area contributed by atoms with Crippen molar-refractivity contribution in [3.8, 4) is 0 Å². The predicted octanol–water partition coefficient (Wildman–Crippen LogP) is 0.174. The van der Waals surface area contributed by atoms with Gasteiger partial charge in [-0.3, -0.25) is 19.1 Å². The fraction of sp³-hybridized carbons (Fsp3) is 0.154. The number of carbonyl (C=O) groups excluding carboxylic acids is 1. The van der Waals surface area contributed by atoms with Gasteiger partial charge in [0.05, 0.1) is 0 Å². The van der Waals surface area contributed by atoms with Crippen LogP contribution in [0.2, 0.25) is 0 Å². The van der Waals surface area contributed by atoms with Crippen LogP contribution in [0.5, 0.6) is 0 Å². The van der Waals surface area contributed by atoms with E-state index in [0.717, 1.165) is 5.56 Å². The lowest BCUT2D eigenvalue weighted by atomic mass is 10.1. The summed E-state index contributed by atoms with van der Waals surface area (Å²) < 4.78 is 1.19. The van der Waals surface area contributed by atoms with Crippen LogP contribution in [0.1, 0.15) is 15.9 Å².